The second-order valence-electron chi connectivity index (χ2n) is 3.60. The minimum absolute atomic E-state index is 0.230. The van der Waals surface area contributed by atoms with Gasteiger partial charge in [-0.25, -0.2) is 0 Å². The van der Waals surface area contributed by atoms with Gasteiger partial charge in [0.1, 0.15) is 0 Å². The molecular formula is C10H14N4OS. The summed E-state index contributed by atoms with van der Waals surface area (Å²) in [4.78, 5) is 2.52. The first-order chi connectivity index (χ1) is 7.65. The van der Waals surface area contributed by atoms with E-state index in [-0.39, 0.29) is 6.04 Å². The summed E-state index contributed by atoms with van der Waals surface area (Å²) in [5.74, 6) is 0.449. The smallest absolute Gasteiger partial charge is 0.315 e. The third-order valence-corrected chi connectivity index (χ3v) is 3.04. The van der Waals surface area contributed by atoms with Crippen LogP contribution in [0.3, 0.4) is 0 Å². The van der Waals surface area contributed by atoms with Gasteiger partial charge in [-0.2, -0.15) is 0 Å². The summed E-state index contributed by atoms with van der Waals surface area (Å²) in [6.07, 6.45) is 0. The Bertz CT molecular complexity index is 463. The highest BCUT2D eigenvalue weighted by Crippen LogP contribution is 2.17. The minimum Gasteiger partial charge on any atom is -0.406 e. The van der Waals surface area contributed by atoms with Gasteiger partial charge in [-0.15, -0.1) is 16.4 Å². The van der Waals surface area contributed by atoms with E-state index in [2.05, 4.69) is 34.6 Å². The molecule has 2 aromatic heterocycles. The van der Waals surface area contributed by atoms with Crippen LogP contribution in [0.1, 0.15) is 28.6 Å². The standard InChI is InChI=1S/C10H14N4OS/c1-6-3-4-8(16-6)5-12-10-14-13-9(15-10)7(2)11/h3-4,7H,5,11H2,1-2H3,(H,12,14). The third-order valence-electron chi connectivity index (χ3n) is 2.04. The maximum atomic E-state index is 5.62. The molecule has 3 N–H and O–H groups in total. The lowest BCUT2D eigenvalue weighted by molar-refractivity contribution is 0.473. The first-order valence-electron chi connectivity index (χ1n) is 5.03. The van der Waals surface area contributed by atoms with Crippen molar-refractivity contribution in [3.8, 4) is 0 Å². The number of thiophene rings is 1. The van der Waals surface area contributed by atoms with Crippen LogP contribution in [-0.2, 0) is 6.54 Å². The Labute approximate surface area is 97.7 Å². The zero-order valence-corrected chi connectivity index (χ0v) is 10.0. The fraction of sp³-hybridized carbons (Fsp3) is 0.400. The number of hydrogen-bond donors (Lipinski definition) is 2. The van der Waals surface area contributed by atoms with Crippen LogP contribution >= 0.6 is 11.3 Å². The van der Waals surface area contributed by atoms with Crippen LogP contribution in [0.15, 0.2) is 16.5 Å². The van der Waals surface area contributed by atoms with E-state index < -0.39 is 0 Å². The number of aromatic nitrogens is 2. The van der Waals surface area contributed by atoms with E-state index in [9.17, 15) is 0 Å². The lowest BCUT2D eigenvalue weighted by atomic mass is 10.4. The number of aryl methyl sites for hydroxylation is 1. The zero-order valence-electron chi connectivity index (χ0n) is 9.23. The van der Waals surface area contributed by atoms with Crippen molar-refractivity contribution in [1.82, 2.24) is 10.2 Å². The van der Waals surface area contributed by atoms with Gasteiger partial charge in [-0.3, -0.25) is 0 Å². The van der Waals surface area contributed by atoms with Crippen LogP contribution < -0.4 is 11.1 Å². The maximum absolute atomic E-state index is 5.62. The van der Waals surface area contributed by atoms with Crippen molar-refractivity contribution in [2.24, 2.45) is 5.73 Å². The molecule has 0 bridgehead atoms. The van der Waals surface area contributed by atoms with E-state index in [0.717, 1.165) is 0 Å². The van der Waals surface area contributed by atoms with Crippen molar-refractivity contribution >= 4 is 17.4 Å². The fourth-order valence-electron chi connectivity index (χ4n) is 1.23. The number of nitrogens with zero attached hydrogens (tertiary/aromatic N) is 2. The Kier molecular flexibility index (Phi) is 3.21. The van der Waals surface area contributed by atoms with Gasteiger partial charge in [0.05, 0.1) is 12.6 Å². The summed E-state index contributed by atoms with van der Waals surface area (Å²) in [5, 5.41) is 10.8. The molecule has 0 saturated heterocycles. The van der Waals surface area contributed by atoms with E-state index in [4.69, 9.17) is 10.2 Å². The van der Waals surface area contributed by atoms with Crippen LogP contribution in [0.2, 0.25) is 0 Å². The van der Waals surface area contributed by atoms with E-state index in [1.54, 1.807) is 18.3 Å². The van der Waals surface area contributed by atoms with Gasteiger partial charge in [0, 0.05) is 9.75 Å². The summed E-state index contributed by atoms with van der Waals surface area (Å²) < 4.78 is 5.32. The normalized spacial score (nSPS) is 12.7. The predicted molar refractivity (Wildman–Crippen MR) is 63.3 cm³/mol. The Morgan fingerprint density at radius 3 is 2.88 bits per heavy atom. The van der Waals surface area contributed by atoms with Gasteiger partial charge in [-0.1, -0.05) is 5.10 Å². The average Bonchev–Trinajstić information content (AvgIpc) is 2.83. The van der Waals surface area contributed by atoms with Crippen molar-refractivity contribution in [2.45, 2.75) is 26.4 Å². The molecule has 0 aliphatic carbocycles. The molecule has 1 atom stereocenters. The number of anilines is 1. The van der Waals surface area contributed by atoms with Crippen LogP contribution in [0, 0.1) is 6.92 Å². The van der Waals surface area contributed by atoms with E-state index in [0.29, 0.717) is 18.5 Å². The summed E-state index contributed by atoms with van der Waals surface area (Å²) in [5.41, 5.74) is 5.62. The molecule has 0 fully saturated rings. The molecule has 2 heterocycles. The van der Waals surface area contributed by atoms with Crippen LogP contribution in [0.5, 0.6) is 0 Å². The van der Waals surface area contributed by atoms with Crippen LogP contribution in [0.25, 0.3) is 0 Å². The van der Waals surface area contributed by atoms with Gasteiger partial charge in [-0.05, 0) is 26.0 Å². The van der Waals surface area contributed by atoms with Crippen molar-refractivity contribution in [2.75, 3.05) is 5.32 Å². The van der Waals surface area contributed by atoms with Crippen molar-refractivity contribution in [3.63, 3.8) is 0 Å². The Balaban J connectivity index is 1.94. The average molecular weight is 238 g/mol. The van der Waals surface area contributed by atoms with Gasteiger partial charge in [0.15, 0.2) is 0 Å². The van der Waals surface area contributed by atoms with Gasteiger partial charge in [0.25, 0.3) is 0 Å². The molecule has 6 heteroatoms. The molecule has 86 valence electrons. The first-order valence-corrected chi connectivity index (χ1v) is 5.85. The lowest BCUT2D eigenvalue weighted by Crippen LogP contribution is -2.04. The van der Waals surface area contributed by atoms with Crippen molar-refractivity contribution in [3.05, 3.63) is 27.8 Å². The second kappa shape index (κ2) is 4.63. The Morgan fingerprint density at radius 2 is 2.31 bits per heavy atom. The molecule has 16 heavy (non-hydrogen) atoms. The number of hydrogen-bond acceptors (Lipinski definition) is 6. The highest BCUT2D eigenvalue weighted by molar-refractivity contribution is 7.11. The molecule has 0 aliphatic heterocycles. The van der Waals surface area contributed by atoms with Gasteiger partial charge in [0.2, 0.25) is 5.89 Å². The molecule has 1 unspecified atom stereocenters. The number of nitrogens with two attached hydrogens (primary N) is 1. The molecule has 5 nitrogen and oxygen atoms in total. The van der Waals surface area contributed by atoms with Crippen LogP contribution in [0.4, 0.5) is 6.01 Å². The molecule has 0 radical (unpaired) electrons. The highest BCUT2D eigenvalue weighted by Gasteiger charge is 2.09. The molecule has 2 rings (SSSR count). The van der Waals surface area contributed by atoms with E-state index in [1.807, 2.05) is 0 Å². The maximum Gasteiger partial charge on any atom is 0.315 e. The third kappa shape index (κ3) is 2.59. The number of nitrogens with one attached hydrogen (secondary N) is 1. The Hall–Kier alpha value is -1.40. The highest BCUT2D eigenvalue weighted by atomic mass is 32.1. The SMILES string of the molecule is Cc1ccc(CNc2nnc(C(C)N)o2)s1. The molecule has 0 spiro atoms. The second-order valence-corrected chi connectivity index (χ2v) is 4.97. The summed E-state index contributed by atoms with van der Waals surface area (Å²) >= 11 is 1.74. The quantitative estimate of drug-likeness (QED) is 0.852. The van der Waals surface area contributed by atoms with Gasteiger partial charge >= 0.3 is 6.01 Å². The van der Waals surface area contributed by atoms with E-state index in [1.165, 1.54) is 9.75 Å². The molecular weight excluding hydrogens is 224 g/mol. The van der Waals surface area contributed by atoms with Crippen molar-refractivity contribution in [1.29, 1.82) is 0 Å². The monoisotopic (exact) mass is 238 g/mol. The lowest BCUT2D eigenvalue weighted by Gasteiger charge is -1.98. The number of rotatable bonds is 4. The summed E-state index contributed by atoms with van der Waals surface area (Å²) in [6.45, 7) is 4.58. The predicted octanol–water partition coefficient (Wildman–Crippen LogP) is 2.07. The topological polar surface area (TPSA) is 77.0 Å². The molecule has 0 aromatic carbocycles. The first kappa shape index (κ1) is 11.1. The fourth-order valence-corrected chi connectivity index (χ4v) is 2.06. The molecule has 0 saturated carbocycles. The van der Waals surface area contributed by atoms with Crippen LogP contribution in [-0.4, -0.2) is 10.2 Å². The largest absolute Gasteiger partial charge is 0.406 e. The van der Waals surface area contributed by atoms with Crippen molar-refractivity contribution < 1.29 is 4.42 Å². The molecule has 0 amide bonds. The van der Waals surface area contributed by atoms with E-state index >= 15 is 0 Å². The molecule has 0 aliphatic rings. The molecule has 2 aromatic rings. The van der Waals surface area contributed by atoms with Gasteiger partial charge < -0.3 is 15.5 Å². The summed E-state index contributed by atoms with van der Waals surface area (Å²) in [6, 6.07) is 4.35. The summed E-state index contributed by atoms with van der Waals surface area (Å²) in [7, 11) is 0. The minimum atomic E-state index is -0.230. The Morgan fingerprint density at radius 1 is 1.50 bits per heavy atom. The zero-order chi connectivity index (χ0) is 11.5.